The molecule has 2 aromatic carbocycles. The number of benzene rings is 2. The van der Waals surface area contributed by atoms with Gasteiger partial charge in [0.1, 0.15) is 17.3 Å². The van der Waals surface area contributed by atoms with Crippen LogP contribution in [0.1, 0.15) is 51.0 Å². The van der Waals surface area contributed by atoms with Crippen molar-refractivity contribution in [3.63, 3.8) is 0 Å². The summed E-state index contributed by atoms with van der Waals surface area (Å²) in [5, 5.41) is 14.2. The van der Waals surface area contributed by atoms with E-state index in [1.54, 1.807) is 0 Å². The molecule has 0 spiro atoms. The first kappa shape index (κ1) is 26.3. The van der Waals surface area contributed by atoms with Gasteiger partial charge in [-0.2, -0.15) is 0 Å². The van der Waals surface area contributed by atoms with Gasteiger partial charge in [-0.25, -0.2) is 0 Å². The molecule has 0 bridgehead atoms. The fourth-order valence-corrected chi connectivity index (χ4v) is 5.26. The van der Waals surface area contributed by atoms with Gasteiger partial charge in [-0.05, 0) is 43.4 Å². The van der Waals surface area contributed by atoms with Gasteiger partial charge in [0, 0.05) is 25.0 Å². The molecule has 2 aliphatic rings. The topological polar surface area (TPSA) is 95.5 Å². The number of piperidine rings is 1. The molecule has 0 amide bonds. The lowest BCUT2D eigenvalue weighted by molar-refractivity contribution is -0.0114. The highest BCUT2D eigenvalue weighted by molar-refractivity contribution is 6.42. The van der Waals surface area contributed by atoms with E-state index in [0.717, 1.165) is 44.5 Å². The average Bonchev–Trinajstić information content (AvgIpc) is 2.93. The molecule has 194 valence electrons. The Morgan fingerprint density at radius 3 is 2.33 bits per heavy atom. The van der Waals surface area contributed by atoms with Crippen LogP contribution in [0.3, 0.4) is 0 Å². The lowest BCUT2D eigenvalue weighted by Gasteiger charge is -2.45. The second-order valence-electron chi connectivity index (χ2n) is 9.88. The zero-order chi connectivity index (χ0) is 25.2. The molecular weight excluding hydrogens is 450 g/mol. The summed E-state index contributed by atoms with van der Waals surface area (Å²) in [4.78, 5) is 11.1. The number of aliphatic imine (C=N–C) groups is 2. The molecule has 2 atom stereocenters. The zero-order valence-electron chi connectivity index (χ0n) is 21.5. The monoisotopic (exact) mass is 491 g/mol. The van der Waals surface area contributed by atoms with Gasteiger partial charge in [-0.15, -0.1) is 0 Å². The van der Waals surface area contributed by atoms with Crippen LogP contribution in [0.5, 0.6) is 5.75 Å². The first-order chi connectivity index (χ1) is 17.6. The second kappa shape index (κ2) is 13.0. The highest BCUT2D eigenvalue weighted by Gasteiger charge is 2.39. The molecule has 2 unspecified atom stereocenters. The molecule has 4 N–H and O–H groups in total. The minimum absolute atomic E-state index is 0.0684. The first-order valence-corrected chi connectivity index (χ1v) is 13.4. The number of likely N-dealkylation sites (tertiary alicyclic amines) is 1. The second-order valence-corrected chi connectivity index (χ2v) is 9.88. The van der Waals surface area contributed by atoms with Crippen LogP contribution in [0.25, 0.3) is 0 Å². The average molecular weight is 492 g/mol. The number of para-hydroxylation sites is 1. The fraction of sp³-hybridized carbons (Fsp3) is 0.517. The number of hydrogen-bond donors (Lipinski definition) is 3. The molecule has 0 saturated carbocycles. The minimum atomic E-state index is -0.920. The summed E-state index contributed by atoms with van der Waals surface area (Å²) in [6.07, 6.45) is 5.68. The SMILES string of the molecule is CCCCCC(Oc1ccccc1)N1CCC(CNC(O)C2=NCCN=C2N)(c2ccccc2)CC1. The van der Waals surface area contributed by atoms with Crippen molar-refractivity contribution < 1.29 is 9.84 Å². The molecule has 36 heavy (non-hydrogen) atoms. The maximum atomic E-state index is 10.8. The van der Waals surface area contributed by atoms with E-state index < -0.39 is 6.23 Å². The lowest BCUT2D eigenvalue weighted by atomic mass is 9.72. The van der Waals surface area contributed by atoms with Crippen LogP contribution >= 0.6 is 0 Å². The third-order valence-electron chi connectivity index (χ3n) is 7.44. The van der Waals surface area contributed by atoms with Crippen molar-refractivity contribution in [2.45, 2.75) is 63.3 Å². The first-order valence-electron chi connectivity index (χ1n) is 13.4. The van der Waals surface area contributed by atoms with Gasteiger partial charge < -0.3 is 15.6 Å². The minimum Gasteiger partial charge on any atom is -0.475 e. The number of rotatable bonds is 12. The van der Waals surface area contributed by atoms with E-state index in [1.807, 2.05) is 30.3 Å². The van der Waals surface area contributed by atoms with Crippen LogP contribution in [-0.4, -0.2) is 66.7 Å². The summed E-state index contributed by atoms with van der Waals surface area (Å²) < 4.78 is 6.49. The number of aliphatic hydroxyl groups excluding tert-OH is 1. The van der Waals surface area contributed by atoms with Gasteiger partial charge in [0.05, 0.1) is 13.1 Å². The molecular formula is C29H41N5O2. The van der Waals surface area contributed by atoms with Crippen LogP contribution in [0.15, 0.2) is 70.6 Å². The van der Waals surface area contributed by atoms with Gasteiger partial charge in [0.2, 0.25) is 0 Å². The Morgan fingerprint density at radius 1 is 1.00 bits per heavy atom. The van der Waals surface area contributed by atoms with E-state index in [4.69, 9.17) is 10.5 Å². The molecule has 2 aliphatic heterocycles. The van der Waals surface area contributed by atoms with Crippen LogP contribution in [-0.2, 0) is 5.41 Å². The van der Waals surface area contributed by atoms with Crippen molar-refractivity contribution in [3.05, 3.63) is 66.2 Å². The largest absolute Gasteiger partial charge is 0.475 e. The summed E-state index contributed by atoms with van der Waals surface area (Å²) in [5.41, 5.74) is 7.65. The normalized spacial score (nSPS) is 19.7. The molecule has 2 heterocycles. The van der Waals surface area contributed by atoms with Crippen molar-refractivity contribution in [1.82, 2.24) is 10.2 Å². The Morgan fingerprint density at radius 2 is 1.67 bits per heavy atom. The van der Waals surface area contributed by atoms with Crippen LogP contribution < -0.4 is 15.8 Å². The highest BCUT2D eigenvalue weighted by Crippen LogP contribution is 2.36. The van der Waals surface area contributed by atoms with Gasteiger partial charge in [-0.3, -0.25) is 20.2 Å². The highest BCUT2D eigenvalue weighted by atomic mass is 16.5. The number of nitrogens with one attached hydrogen (secondary N) is 1. The van der Waals surface area contributed by atoms with E-state index in [2.05, 4.69) is 57.5 Å². The standard InChI is InChI=1S/C29H41N5O2/c1-2-3-6-15-25(36-24-13-9-5-10-14-24)34-20-16-29(17-21-34,23-11-7-4-8-12-23)22-33-28(35)26-27(30)32-19-18-31-26/h4-5,7-14,25,28,33,35H,2-3,6,15-22H2,1H3,(H2,30,32). The lowest BCUT2D eigenvalue weighted by Crippen LogP contribution is -2.54. The predicted molar refractivity (Wildman–Crippen MR) is 147 cm³/mol. The summed E-state index contributed by atoms with van der Waals surface area (Å²) in [6, 6.07) is 20.8. The molecule has 7 heteroatoms. The quantitative estimate of drug-likeness (QED) is 0.311. The number of ether oxygens (including phenoxy) is 1. The van der Waals surface area contributed by atoms with Crippen LogP contribution in [0.2, 0.25) is 0 Å². The van der Waals surface area contributed by atoms with Gasteiger partial charge in [0.15, 0.2) is 12.5 Å². The van der Waals surface area contributed by atoms with Crippen molar-refractivity contribution in [3.8, 4) is 5.75 Å². The van der Waals surface area contributed by atoms with Crippen LogP contribution in [0, 0.1) is 0 Å². The number of aliphatic hydroxyl groups is 1. The van der Waals surface area contributed by atoms with E-state index >= 15 is 0 Å². The molecule has 4 rings (SSSR count). The number of hydrogen-bond acceptors (Lipinski definition) is 7. The van der Waals surface area contributed by atoms with Crippen molar-refractivity contribution >= 4 is 11.5 Å². The number of nitrogens with zero attached hydrogens (tertiary/aromatic N) is 3. The Labute approximate surface area is 215 Å². The maximum absolute atomic E-state index is 10.8. The number of nitrogens with two attached hydrogens (primary N) is 1. The van der Waals surface area contributed by atoms with Crippen LogP contribution in [0.4, 0.5) is 0 Å². The third-order valence-corrected chi connectivity index (χ3v) is 7.44. The van der Waals surface area contributed by atoms with E-state index in [9.17, 15) is 5.11 Å². The molecule has 0 radical (unpaired) electrons. The smallest absolute Gasteiger partial charge is 0.152 e. The van der Waals surface area contributed by atoms with E-state index in [1.165, 1.54) is 18.4 Å². The molecule has 0 aliphatic carbocycles. The Balaban J connectivity index is 1.46. The summed E-state index contributed by atoms with van der Waals surface area (Å²) in [7, 11) is 0. The molecule has 1 fully saturated rings. The van der Waals surface area contributed by atoms with Crippen molar-refractivity contribution in [1.29, 1.82) is 0 Å². The molecule has 2 aromatic rings. The predicted octanol–water partition coefficient (Wildman–Crippen LogP) is 3.73. The number of amidine groups is 1. The van der Waals surface area contributed by atoms with Gasteiger partial charge in [0.25, 0.3) is 0 Å². The molecule has 7 nitrogen and oxygen atoms in total. The summed E-state index contributed by atoms with van der Waals surface area (Å²) in [6.45, 7) is 5.88. The summed E-state index contributed by atoms with van der Waals surface area (Å²) in [5.74, 6) is 1.26. The van der Waals surface area contributed by atoms with E-state index in [0.29, 0.717) is 31.2 Å². The van der Waals surface area contributed by atoms with Crippen molar-refractivity contribution in [2.75, 3.05) is 32.7 Å². The Kier molecular flexibility index (Phi) is 9.50. The van der Waals surface area contributed by atoms with E-state index in [-0.39, 0.29) is 11.6 Å². The third kappa shape index (κ3) is 6.72. The maximum Gasteiger partial charge on any atom is 0.152 e. The molecule has 1 saturated heterocycles. The summed E-state index contributed by atoms with van der Waals surface area (Å²) >= 11 is 0. The van der Waals surface area contributed by atoms with Gasteiger partial charge in [-0.1, -0.05) is 68.3 Å². The Bertz CT molecular complexity index is 987. The Hall–Kier alpha value is -2.74. The number of unbranched alkanes of at least 4 members (excludes halogenated alkanes) is 2. The van der Waals surface area contributed by atoms with Gasteiger partial charge >= 0.3 is 0 Å². The fourth-order valence-electron chi connectivity index (χ4n) is 5.26. The molecule has 0 aromatic heterocycles. The zero-order valence-corrected chi connectivity index (χ0v) is 21.5. The van der Waals surface area contributed by atoms with Crippen molar-refractivity contribution in [2.24, 2.45) is 15.7 Å².